The Morgan fingerprint density at radius 1 is 1.04 bits per heavy atom. The molecule has 24 heavy (non-hydrogen) atoms. The average Bonchev–Trinajstić information content (AvgIpc) is 3.19. The Balaban J connectivity index is 0.000000185. The van der Waals surface area contributed by atoms with Gasteiger partial charge in [-0.25, -0.2) is 12.1 Å². The summed E-state index contributed by atoms with van der Waals surface area (Å²) < 4.78 is 0. The normalized spacial score (nSPS) is 13.0. The van der Waals surface area contributed by atoms with Gasteiger partial charge >= 0.3 is 53.5 Å². The van der Waals surface area contributed by atoms with Crippen LogP contribution in [0.15, 0.2) is 42.5 Å². The molecule has 0 saturated heterocycles. The maximum atomic E-state index is 5.62. The molecule has 2 aromatic rings. The van der Waals surface area contributed by atoms with Gasteiger partial charge in [-0.1, -0.05) is 51.9 Å². The third kappa shape index (κ3) is 8.65. The minimum atomic E-state index is -1.65. The molecule has 0 radical (unpaired) electrons. The van der Waals surface area contributed by atoms with E-state index in [0.717, 1.165) is 0 Å². The molecule has 134 valence electrons. The molecule has 2 aromatic carbocycles. The number of hydrogen-bond donors (Lipinski definition) is 0. The van der Waals surface area contributed by atoms with Crippen molar-refractivity contribution in [2.75, 3.05) is 0 Å². The quantitative estimate of drug-likeness (QED) is 0.289. The second-order valence-corrected chi connectivity index (χ2v) is 30.4. The number of aryl methyl sites for hydroxylation is 2. The van der Waals surface area contributed by atoms with Crippen molar-refractivity contribution in [2.45, 2.75) is 65.0 Å². The van der Waals surface area contributed by atoms with Gasteiger partial charge in [0.2, 0.25) is 0 Å². The van der Waals surface area contributed by atoms with E-state index in [9.17, 15) is 0 Å². The van der Waals surface area contributed by atoms with Crippen LogP contribution in [0.1, 0.15) is 50.3 Å². The summed E-state index contributed by atoms with van der Waals surface area (Å²) in [5.41, 5.74) is 4.71. The second kappa shape index (κ2) is 11.2. The molecule has 0 bridgehead atoms. The van der Waals surface area contributed by atoms with E-state index in [2.05, 4.69) is 76.3 Å². The number of hydrogen-bond acceptors (Lipinski definition) is 0. The van der Waals surface area contributed by atoms with Crippen LogP contribution in [-0.4, -0.2) is 5.43 Å². The monoisotopic (exact) mass is 458 g/mol. The van der Waals surface area contributed by atoms with Crippen molar-refractivity contribution >= 4 is 22.5 Å². The van der Waals surface area contributed by atoms with Gasteiger partial charge in [-0.3, -0.25) is 0 Å². The van der Waals surface area contributed by atoms with E-state index in [1.54, 1.807) is 11.1 Å². The topological polar surface area (TPSA) is 0 Å². The number of fused-ring (bicyclic) bond motifs is 1. The van der Waals surface area contributed by atoms with Crippen LogP contribution in [0.3, 0.4) is 0 Å². The Morgan fingerprint density at radius 3 is 2.08 bits per heavy atom. The van der Waals surface area contributed by atoms with Crippen LogP contribution >= 0.6 is 17.0 Å². The Bertz CT molecular complexity index is 580. The molecule has 1 aliphatic carbocycles. The van der Waals surface area contributed by atoms with E-state index in [-0.39, 0.29) is 5.43 Å². The van der Waals surface area contributed by atoms with Gasteiger partial charge in [0.15, 0.2) is 0 Å². The Hall–Kier alpha value is 0.380. The number of halogens is 2. The first-order valence-corrected chi connectivity index (χ1v) is 21.2. The molecule has 0 unspecified atom stereocenters. The van der Waals surface area contributed by atoms with E-state index in [4.69, 9.17) is 17.0 Å². The molecule has 0 saturated carbocycles. The molecule has 0 aromatic heterocycles. The maximum absolute atomic E-state index is 5.62. The van der Waals surface area contributed by atoms with Gasteiger partial charge < -0.3 is 0 Å². The summed E-state index contributed by atoms with van der Waals surface area (Å²) >= 11 is -1.65. The Kier molecular flexibility index (Phi) is 10.4. The van der Waals surface area contributed by atoms with Gasteiger partial charge in [0.05, 0.1) is 0 Å². The summed E-state index contributed by atoms with van der Waals surface area (Å²) in [7, 11) is 11.2. The van der Waals surface area contributed by atoms with Crippen molar-refractivity contribution in [1.29, 1.82) is 0 Å². The smallest absolute Gasteiger partial charge is 0.0512 e. The van der Waals surface area contributed by atoms with Gasteiger partial charge in [0.25, 0.3) is 0 Å². The molecule has 0 aliphatic heterocycles. The summed E-state index contributed by atoms with van der Waals surface area (Å²) in [6, 6.07) is 15.2. The Labute approximate surface area is 163 Å². The minimum absolute atomic E-state index is 0.224. The third-order valence-electron chi connectivity index (χ3n) is 4.06. The summed E-state index contributed by atoms with van der Waals surface area (Å²) in [4.78, 5) is 0. The zero-order valence-corrected chi connectivity index (χ0v) is 20.6. The van der Waals surface area contributed by atoms with Crippen LogP contribution in [0.25, 0.3) is 0 Å². The third-order valence-corrected chi connectivity index (χ3v) is 23.8. The van der Waals surface area contributed by atoms with Crippen molar-refractivity contribution < 1.29 is 18.0 Å². The van der Waals surface area contributed by atoms with E-state index in [1.165, 1.54) is 31.2 Å². The van der Waals surface area contributed by atoms with Crippen LogP contribution in [0, 0.1) is 0 Å². The fourth-order valence-corrected chi connectivity index (χ4v) is 2.49. The first kappa shape index (κ1) is 22.4. The molecule has 1 aliphatic rings. The molecule has 0 heterocycles. The number of rotatable bonds is 0. The van der Waals surface area contributed by atoms with Crippen molar-refractivity contribution in [1.82, 2.24) is 0 Å². The van der Waals surface area contributed by atoms with Gasteiger partial charge in [0.1, 0.15) is 0 Å². The SMILES string of the molecule is CC(C)(C)c1cc[cH-]c1.C[Si](C)=[Zr]([Cl])[Cl].c1cc2c([cH-]1)CCCC2. The van der Waals surface area contributed by atoms with E-state index >= 15 is 0 Å². The summed E-state index contributed by atoms with van der Waals surface area (Å²) in [6.45, 7) is 11.0. The van der Waals surface area contributed by atoms with Gasteiger partial charge in [-0.2, -0.15) is 47.0 Å². The van der Waals surface area contributed by atoms with Gasteiger partial charge in [-0.15, -0.1) is 0 Å². The largest absolute Gasteiger partial charge is 0.210 e. The molecule has 0 nitrogen and oxygen atoms in total. The van der Waals surface area contributed by atoms with Crippen molar-refractivity contribution in [3.05, 3.63) is 59.2 Å². The fraction of sp³-hybridized carbons (Fsp3) is 0.500. The molecule has 0 fully saturated rings. The maximum Gasteiger partial charge on any atom is -0.0512 e. The molecule has 4 heteroatoms. The molecule has 0 atom stereocenters. The summed E-state index contributed by atoms with van der Waals surface area (Å²) in [5.74, 6) is 0. The van der Waals surface area contributed by atoms with Crippen LogP contribution in [0.5, 0.6) is 0 Å². The van der Waals surface area contributed by atoms with Gasteiger partial charge in [-0.05, 0) is 0 Å². The van der Waals surface area contributed by atoms with E-state index < -0.39 is 18.0 Å². The van der Waals surface area contributed by atoms with Crippen molar-refractivity contribution in [2.24, 2.45) is 0 Å². The zero-order valence-electron chi connectivity index (χ0n) is 15.6. The summed E-state index contributed by atoms with van der Waals surface area (Å²) in [5, 5.41) is 0. The molecular weight excluding hydrogens is 430 g/mol. The van der Waals surface area contributed by atoms with E-state index in [0.29, 0.717) is 5.41 Å². The average molecular weight is 461 g/mol. The standard InChI is InChI=1S/C9H11.C9H13.C2H6Si.2ClH.Zr/c1-2-5-9-7-3-6-8(9)4-1;1-9(2,3)8-6-4-5-7-8;1-3-2;;;/h3,6-7H,1-2,4-5H2;4-7H,1-3H3;1-2H3;2*1H;/q2*-1;;;;+2/p-2. The first-order chi connectivity index (χ1) is 11.2. The minimum Gasteiger partial charge on any atom is -0.210 e. The summed E-state index contributed by atoms with van der Waals surface area (Å²) in [6.07, 6.45) is 5.44. The second-order valence-electron chi connectivity index (χ2n) is 7.47. The van der Waals surface area contributed by atoms with Crippen LogP contribution in [0.4, 0.5) is 0 Å². The van der Waals surface area contributed by atoms with Crippen LogP contribution < -0.4 is 0 Å². The molecular formula is C20H30Cl2SiZr-2. The molecule has 0 N–H and O–H groups in total. The van der Waals surface area contributed by atoms with Crippen LogP contribution in [0.2, 0.25) is 13.1 Å². The molecule has 0 spiro atoms. The van der Waals surface area contributed by atoms with Crippen molar-refractivity contribution in [3.8, 4) is 0 Å². The Morgan fingerprint density at radius 2 is 1.67 bits per heavy atom. The molecule has 3 rings (SSSR count). The van der Waals surface area contributed by atoms with E-state index in [1.807, 2.05) is 0 Å². The first-order valence-electron chi connectivity index (χ1n) is 8.66. The predicted octanol–water partition coefficient (Wildman–Crippen LogP) is 7.15. The molecule has 0 amide bonds. The van der Waals surface area contributed by atoms with Crippen molar-refractivity contribution in [3.63, 3.8) is 0 Å². The van der Waals surface area contributed by atoms with Gasteiger partial charge in [0, 0.05) is 0 Å². The zero-order chi connectivity index (χ0) is 18.2. The fourth-order valence-electron chi connectivity index (χ4n) is 2.49. The predicted molar refractivity (Wildman–Crippen MR) is 109 cm³/mol. The van der Waals surface area contributed by atoms with Crippen LogP contribution in [-0.2, 0) is 36.2 Å².